The third-order valence-electron chi connectivity index (χ3n) is 4.52. The van der Waals surface area contributed by atoms with Crippen molar-refractivity contribution in [1.29, 1.82) is 0 Å². The Labute approximate surface area is 150 Å². The van der Waals surface area contributed by atoms with Crippen molar-refractivity contribution in [3.63, 3.8) is 0 Å². The molecule has 0 radical (unpaired) electrons. The number of benzene rings is 1. The number of hydrogen-bond donors (Lipinski definition) is 3. The van der Waals surface area contributed by atoms with E-state index in [0.29, 0.717) is 41.3 Å². The predicted molar refractivity (Wildman–Crippen MR) is 94.5 cm³/mol. The lowest BCUT2D eigenvalue weighted by molar-refractivity contribution is -0.116. The molecule has 1 aliphatic heterocycles. The molecule has 0 saturated heterocycles. The molecule has 3 N–H and O–H groups in total. The van der Waals surface area contributed by atoms with E-state index < -0.39 is 11.8 Å². The molecule has 1 saturated carbocycles. The first-order chi connectivity index (χ1) is 11.3. The molecule has 1 amide bonds. The van der Waals surface area contributed by atoms with Crippen LogP contribution in [0.3, 0.4) is 0 Å². The highest BCUT2D eigenvalue weighted by Crippen LogP contribution is 2.42. The Bertz CT molecular complexity index is 746. The Hall–Kier alpha value is -1.56. The molecule has 1 fully saturated rings. The van der Waals surface area contributed by atoms with Gasteiger partial charge in [-0.05, 0) is 44.7 Å². The van der Waals surface area contributed by atoms with Crippen molar-refractivity contribution in [2.45, 2.75) is 44.4 Å². The van der Waals surface area contributed by atoms with Crippen LogP contribution < -0.4 is 5.32 Å². The number of aliphatic imine (C=N–C) groups is 1. The summed E-state index contributed by atoms with van der Waals surface area (Å²) in [5, 5.41) is 23.8. The Morgan fingerprint density at radius 2 is 1.96 bits per heavy atom. The fraction of sp³-hybridized carbons (Fsp3) is 0.412. The topological polar surface area (TPSA) is 81.9 Å². The molecule has 1 spiro atoms. The van der Waals surface area contributed by atoms with Crippen molar-refractivity contribution in [2.75, 3.05) is 0 Å². The number of aliphatic hydroxyl groups excluding tert-OH is 2. The molecular formula is C17H18Cl2N2O3. The normalized spacial score (nSPS) is 25.2. The number of carbonyl (C=O) groups excluding carboxylic acids is 1. The summed E-state index contributed by atoms with van der Waals surface area (Å²) in [5.41, 5.74) is 0.784. The molecule has 3 rings (SSSR count). The van der Waals surface area contributed by atoms with E-state index in [0.717, 1.165) is 5.71 Å². The van der Waals surface area contributed by atoms with Crippen LogP contribution in [-0.2, 0) is 4.79 Å². The van der Waals surface area contributed by atoms with Gasteiger partial charge in [-0.25, -0.2) is 0 Å². The average molecular weight is 369 g/mol. The summed E-state index contributed by atoms with van der Waals surface area (Å²) in [6, 6.07) is 4.82. The smallest absolute Gasteiger partial charge is 0.256 e. The van der Waals surface area contributed by atoms with Gasteiger partial charge in [0, 0.05) is 16.3 Å². The van der Waals surface area contributed by atoms with Gasteiger partial charge in [-0.15, -0.1) is 0 Å². The Kier molecular flexibility index (Phi) is 4.60. The standard InChI is InChI=1S/C17H18Cl2N2O3/c1-9(22)20-11-4-6-17(7-5-11)15(23)14(16(24)21-17)12-3-2-10(18)8-13(12)19/h2-3,8-9,22-23H,4-7H2,1H3,(H,21,24). The van der Waals surface area contributed by atoms with Gasteiger partial charge in [0.15, 0.2) is 0 Å². The molecule has 0 bridgehead atoms. The summed E-state index contributed by atoms with van der Waals surface area (Å²) in [5.74, 6) is -0.319. The number of nitrogens with one attached hydrogen (secondary N) is 1. The van der Waals surface area contributed by atoms with E-state index in [2.05, 4.69) is 10.3 Å². The van der Waals surface area contributed by atoms with Gasteiger partial charge in [0.1, 0.15) is 12.0 Å². The Morgan fingerprint density at radius 1 is 1.29 bits per heavy atom. The molecular weight excluding hydrogens is 351 g/mol. The second-order valence-electron chi connectivity index (χ2n) is 6.21. The first kappa shape index (κ1) is 17.3. The molecule has 0 aromatic heterocycles. The van der Waals surface area contributed by atoms with Gasteiger partial charge in [-0.2, -0.15) is 0 Å². The molecule has 1 aromatic rings. The predicted octanol–water partition coefficient (Wildman–Crippen LogP) is 3.48. The van der Waals surface area contributed by atoms with E-state index >= 15 is 0 Å². The minimum atomic E-state index is -0.785. The zero-order valence-electron chi connectivity index (χ0n) is 13.1. The lowest BCUT2D eigenvalue weighted by Gasteiger charge is -2.34. The second kappa shape index (κ2) is 6.39. The number of carbonyl (C=O) groups is 1. The first-order valence-electron chi connectivity index (χ1n) is 7.78. The number of hydrogen-bond acceptors (Lipinski definition) is 4. The highest BCUT2D eigenvalue weighted by atomic mass is 35.5. The van der Waals surface area contributed by atoms with E-state index in [9.17, 15) is 15.0 Å². The molecule has 7 heteroatoms. The van der Waals surface area contributed by atoms with Gasteiger partial charge in [-0.1, -0.05) is 29.3 Å². The largest absolute Gasteiger partial charge is 0.509 e. The maximum atomic E-state index is 12.5. The van der Waals surface area contributed by atoms with Gasteiger partial charge < -0.3 is 15.5 Å². The van der Waals surface area contributed by atoms with E-state index in [4.69, 9.17) is 23.2 Å². The quantitative estimate of drug-likeness (QED) is 0.747. The van der Waals surface area contributed by atoms with Crippen molar-refractivity contribution in [1.82, 2.24) is 5.32 Å². The molecule has 5 nitrogen and oxygen atoms in total. The number of nitrogens with zero attached hydrogens (tertiary/aromatic N) is 1. The zero-order valence-corrected chi connectivity index (χ0v) is 14.7. The number of aliphatic hydroxyl groups is 2. The Balaban J connectivity index is 1.93. The molecule has 1 atom stereocenters. The molecule has 1 unspecified atom stereocenters. The van der Waals surface area contributed by atoms with Crippen LogP contribution in [0.2, 0.25) is 10.0 Å². The fourth-order valence-electron chi connectivity index (χ4n) is 3.35. The van der Waals surface area contributed by atoms with Crippen LogP contribution >= 0.6 is 23.2 Å². The van der Waals surface area contributed by atoms with Crippen molar-refractivity contribution >= 4 is 40.4 Å². The van der Waals surface area contributed by atoms with Gasteiger partial charge in [0.2, 0.25) is 0 Å². The maximum absolute atomic E-state index is 12.5. The summed E-state index contributed by atoms with van der Waals surface area (Å²) in [7, 11) is 0. The summed E-state index contributed by atoms with van der Waals surface area (Å²) in [6.07, 6.45) is 1.54. The average Bonchev–Trinajstić information content (AvgIpc) is 2.73. The van der Waals surface area contributed by atoms with Crippen LogP contribution in [0.4, 0.5) is 0 Å². The monoisotopic (exact) mass is 368 g/mol. The van der Waals surface area contributed by atoms with Crippen LogP contribution in [0.25, 0.3) is 5.57 Å². The van der Waals surface area contributed by atoms with Crippen LogP contribution in [0.5, 0.6) is 0 Å². The van der Waals surface area contributed by atoms with Crippen LogP contribution in [0.1, 0.15) is 38.2 Å². The van der Waals surface area contributed by atoms with Crippen molar-refractivity contribution < 1.29 is 15.0 Å². The van der Waals surface area contributed by atoms with E-state index in [1.54, 1.807) is 25.1 Å². The maximum Gasteiger partial charge on any atom is 0.256 e. The lowest BCUT2D eigenvalue weighted by Crippen LogP contribution is -2.47. The molecule has 1 aliphatic carbocycles. The van der Waals surface area contributed by atoms with Gasteiger partial charge >= 0.3 is 0 Å². The first-order valence-corrected chi connectivity index (χ1v) is 8.53. The minimum Gasteiger partial charge on any atom is -0.509 e. The van der Waals surface area contributed by atoms with Crippen LogP contribution in [0, 0.1) is 0 Å². The van der Waals surface area contributed by atoms with E-state index in [1.165, 1.54) is 0 Å². The van der Waals surface area contributed by atoms with Gasteiger partial charge in [0.05, 0.1) is 16.1 Å². The summed E-state index contributed by atoms with van der Waals surface area (Å²) >= 11 is 12.1. The van der Waals surface area contributed by atoms with Crippen LogP contribution in [-0.4, -0.2) is 33.6 Å². The third kappa shape index (κ3) is 3.04. The number of amides is 1. The van der Waals surface area contributed by atoms with E-state index in [1.807, 2.05) is 0 Å². The van der Waals surface area contributed by atoms with Crippen LogP contribution in [0.15, 0.2) is 29.0 Å². The molecule has 24 heavy (non-hydrogen) atoms. The number of halogens is 2. The minimum absolute atomic E-state index is 0.0211. The number of rotatable bonds is 2. The molecule has 128 valence electrons. The Morgan fingerprint density at radius 3 is 2.54 bits per heavy atom. The van der Waals surface area contributed by atoms with E-state index in [-0.39, 0.29) is 17.2 Å². The third-order valence-corrected chi connectivity index (χ3v) is 5.07. The molecule has 1 aromatic carbocycles. The summed E-state index contributed by atoms with van der Waals surface area (Å²) in [6.45, 7) is 1.60. The summed E-state index contributed by atoms with van der Waals surface area (Å²) < 4.78 is 0. The lowest BCUT2D eigenvalue weighted by atomic mass is 9.79. The second-order valence-corrected chi connectivity index (χ2v) is 7.05. The SMILES string of the molecule is CC(O)N=C1CCC2(CC1)NC(=O)C(c1ccc(Cl)cc1Cl)=C2O. The zero-order chi connectivity index (χ0) is 17.5. The van der Waals surface area contributed by atoms with Crippen molar-refractivity contribution in [3.05, 3.63) is 39.6 Å². The van der Waals surface area contributed by atoms with Gasteiger partial charge in [0.25, 0.3) is 5.91 Å². The molecule has 1 heterocycles. The highest BCUT2D eigenvalue weighted by Gasteiger charge is 2.47. The molecule has 2 aliphatic rings. The highest BCUT2D eigenvalue weighted by molar-refractivity contribution is 6.38. The fourth-order valence-corrected chi connectivity index (χ4v) is 3.85. The van der Waals surface area contributed by atoms with Crippen molar-refractivity contribution in [3.8, 4) is 0 Å². The summed E-state index contributed by atoms with van der Waals surface area (Å²) in [4.78, 5) is 16.6. The van der Waals surface area contributed by atoms with Gasteiger partial charge in [-0.3, -0.25) is 9.79 Å². The van der Waals surface area contributed by atoms with Crippen molar-refractivity contribution in [2.24, 2.45) is 4.99 Å².